The van der Waals surface area contributed by atoms with Gasteiger partial charge in [0.05, 0.1) is 0 Å². The van der Waals surface area contributed by atoms with Gasteiger partial charge in [0.1, 0.15) is 12.4 Å². The Balaban J connectivity index is 1.49. The lowest BCUT2D eigenvalue weighted by Crippen LogP contribution is -2.25. The van der Waals surface area contributed by atoms with Crippen LogP contribution in [0.25, 0.3) is 0 Å². The Morgan fingerprint density at radius 3 is 2.29 bits per heavy atom. The largest absolute Gasteiger partial charge is 0.489 e. The maximum Gasteiger partial charge on any atom is 0.120 e. The molecule has 0 radical (unpaired) electrons. The van der Waals surface area contributed by atoms with Gasteiger partial charge in [0.2, 0.25) is 0 Å². The van der Waals surface area contributed by atoms with Crippen LogP contribution in [0.2, 0.25) is 10.0 Å². The van der Waals surface area contributed by atoms with Crippen molar-refractivity contribution in [3.05, 3.63) is 99.5 Å². The molecule has 1 unspecified atom stereocenters. The number of nitrogens with one attached hydrogen (secondary N) is 1. The van der Waals surface area contributed by atoms with E-state index >= 15 is 0 Å². The Hall–Kier alpha value is -2.00. The van der Waals surface area contributed by atoms with Gasteiger partial charge in [0, 0.05) is 28.2 Å². The average Bonchev–Trinajstić information content (AvgIpc) is 2.71. The first kappa shape index (κ1) is 20.7. The van der Waals surface area contributed by atoms with Crippen LogP contribution in [0.3, 0.4) is 0 Å². The Labute approximate surface area is 177 Å². The van der Waals surface area contributed by atoms with Crippen molar-refractivity contribution in [2.45, 2.75) is 39.0 Å². The van der Waals surface area contributed by atoms with Gasteiger partial charge in [-0.1, -0.05) is 71.7 Å². The molecule has 28 heavy (non-hydrogen) atoms. The summed E-state index contributed by atoms with van der Waals surface area (Å²) in [7, 11) is 0. The number of ether oxygens (including phenoxy) is 1. The van der Waals surface area contributed by atoms with Crippen molar-refractivity contribution >= 4 is 23.2 Å². The van der Waals surface area contributed by atoms with Crippen LogP contribution in [0, 0.1) is 0 Å². The molecule has 0 saturated heterocycles. The van der Waals surface area contributed by atoms with Crippen LogP contribution in [-0.4, -0.2) is 6.04 Å². The quantitative estimate of drug-likeness (QED) is 0.422. The van der Waals surface area contributed by atoms with E-state index in [0.29, 0.717) is 22.7 Å². The lowest BCUT2D eigenvalue weighted by molar-refractivity contribution is 0.306. The summed E-state index contributed by atoms with van der Waals surface area (Å²) in [6.45, 7) is 3.38. The molecule has 0 amide bonds. The highest BCUT2D eigenvalue weighted by Crippen LogP contribution is 2.26. The van der Waals surface area contributed by atoms with Crippen molar-refractivity contribution in [1.29, 1.82) is 0 Å². The van der Waals surface area contributed by atoms with E-state index in [0.717, 1.165) is 30.7 Å². The predicted molar refractivity (Wildman–Crippen MR) is 118 cm³/mol. The van der Waals surface area contributed by atoms with Gasteiger partial charge in [0.25, 0.3) is 0 Å². The van der Waals surface area contributed by atoms with Crippen molar-refractivity contribution in [3.63, 3.8) is 0 Å². The zero-order chi connectivity index (χ0) is 19.8. The molecule has 0 heterocycles. The number of aryl methyl sites for hydroxylation is 1. The molecule has 0 saturated carbocycles. The van der Waals surface area contributed by atoms with E-state index in [2.05, 4.69) is 54.7 Å². The fourth-order valence-electron chi connectivity index (χ4n) is 2.99. The predicted octanol–water partition coefficient (Wildman–Crippen LogP) is 6.68. The minimum Gasteiger partial charge on any atom is -0.489 e. The molecule has 0 aliphatic carbocycles. The van der Waals surface area contributed by atoms with Crippen LogP contribution in [0.5, 0.6) is 5.75 Å². The zero-order valence-electron chi connectivity index (χ0n) is 16.0. The van der Waals surface area contributed by atoms with Gasteiger partial charge in [-0.3, -0.25) is 0 Å². The van der Waals surface area contributed by atoms with Crippen molar-refractivity contribution in [2.24, 2.45) is 0 Å². The standard InChI is InChI=1S/C24H25Cl2NO/c1-18(13-14-19-7-3-2-4-8-19)27-16-20-9-5-10-21(15-20)28-17-22-23(25)11-6-12-24(22)26/h2-12,15,18,27H,13-14,16-17H2,1H3. The normalized spacial score (nSPS) is 12.0. The van der Waals surface area contributed by atoms with E-state index in [4.69, 9.17) is 27.9 Å². The number of halogens is 2. The maximum absolute atomic E-state index is 6.21. The summed E-state index contributed by atoms with van der Waals surface area (Å²) in [5, 5.41) is 4.84. The van der Waals surface area contributed by atoms with Crippen molar-refractivity contribution in [3.8, 4) is 5.75 Å². The van der Waals surface area contributed by atoms with Gasteiger partial charge >= 0.3 is 0 Å². The molecule has 0 aliphatic heterocycles. The molecule has 0 aliphatic rings. The summed E-state index contributed by atoms with van der Waals surface area (Å²) >= 11 is 12.4. The topological polar surface area (TPSA) is 21.3 Å². The van der Waals surface area contributed by atoms with E-state index in [1.54, 1.807) is 0 Å². The van der Waals surface area contributed by atoms with E-state index < -0.39 is 0 Å². The molecule has 1 N–H and O–H groups in total. The second-order valence-corrected chi connectivity index (χ2v) is 7.76. The molecule has 2 nitrogen and oxygen atoms in total. The summed E-state index contributed by atoms with van der Waals surface area (Å²) in [4.78, 5) is 0. The van der Waals surface area contributed by atoms with Crippen LogP contribution < -0.4 is 10.1 Å². The molecule has 146 valence electrons. The molecule has 3 rings (SSSR count). The van der Waals surface area contributed by atoms with E-state index in [-0.39, 0.29) is 0 Å². The molecule has 1 atom stereocenters. The fraction of sp³-hybridized carbons (Fsp3) is 0.250. The smallest absolute Gasteiger partial charge is 0.120 e. The molecule has 0 fully saturated rings. The first-order valence-electron chi connectivity index (χ1n) is 9.54. The van der Waals surface area contributed by atoms with Gasteiger partial charge in [-0.25, -0.2) is 0 Å². The minimum absolute atomic E-state index is 0.350. The third-order valence-corrected chi connectivity index (χ3v) is 5.42. The highest BCUT2D eigenvalue weighted by molar-refractivity contribution is 6.35. The van der Waals surface area contributed by atoms with Gasteiger partial charge in [-0.2, -0.15) is 0 Å². The highest BCUT2D eigenvalue weighted by atomic mass is 35.5. The van der Waals surface area contributed by atoms with Crippen LogP contribution in [0.1, 0.15) is 30.0 Å². The van der Waals surface area contributed by atoms with Gasteiger partial charge in [0.15, 0.2) is 0 Å². The first-order chi connectivity index (χ1) is 13.6. The summed E-state index contributed by atoms with van der Waals surface area (Å²) in [5.74, 6) is 0.812. The van der Waals surface area contributed by atoms with Gasteiger partial charge < -0.3 is 10.1 Å². The summed E-state index contributed by atoms with van der Waals surface area (Å²) in [6, 6.07) is 24.6. The van der Waals surface area contributed by atoms with Gasteiger partial charge in [-0.15, -0.1) is 0 Å². The molecular formula is C24H25Cl2NO. The Morgan fingerprint density at radius 1 is 0.857 bits per heavy atom. The third kappa shape index (κ3) is 6.27. The van der Waals surface area contributed by atoms with Crippen LogP contribution >= 0.6 is 23.2 Å². The van der Waals surface area contributed by atoms with E-state index in [1.807, 2.05) is 30.3 Å². The third-order valence-electron chi connectivity index (χ3n) is 4.71. The van der Waals surface area contributed by atoms with Crippen molar-refractivity contribution in [1.82, 2.24) is 5.32 Å². The Morgan fingerprint density at radius 2 is 1.54 bits per heavy atom. The molecule has 4 heteroatoms. The maximum atomic E-state index is 6.21. The zero-order valence-corrected chi connectivity index (χ0v) is 17.5. The molecule has 0 bridgehead atoms. The summed E-state index contributed by atoms with van der Waals surface area (Å²) < 4.78 is 5.91. The van der Waals surface area contributed by atoms with Crippen LogP contribution in [0.15, 0.2) is 72.8 Å². The second-order valence-electron chi connectivity index (χ2n) is 6.94. The number of benzene rings is 3. The molecule has 0 aromatic heterocycles. The molecule has 3 aromatic carbocycles. The Kier molecular flexibility index (Phi) is 7.79. The SMILES string of the molecule is CC(CCc1ccccc1)NCc1cccc(OCc2c(Cl)cccc2Cl)c1. The minimum atomic E-state index is 0.350. The number of hydrogen-bond donors (Lipinski definition) is 1. The Bertz CT molecular complexity index is 863. The second kappa shape index (κ2) is 10.5. The lowest BCUT2D eigenvalue weighted by Gasteiger charge is -2.15. The van der Waals surface area contributed by atoms with Crippen LogP contribution in [0.4, 0.5) is 0 Å². The first-order valence-corrected chi connectivity index (χ1v) is 10.3. The van der Waals surface area contributed by atoms with Crippen molar-refractivity contribution < 1.29 is 4.74 Å². The molecule has 0 spiro atoms. The molecule has 3 aromatic rings. The average molecular weight is 414 g/mol. The molecular weight excluding hydrogens is 389 g/mol. The van der Waals surface area contributed by atoms with E-state index in [9.17, 15) is 0 Å². The van der Waals surface area contributed by atoms with Crippen molar-refractivity contribution in [2.75, 3.05) is 0 Å². The fourth-order valence-corrected chi connectivity index (χ4v) is 3.50. The van der Waals surface area contributed by atoms with E-state index in [1.165, 1.54) is 11.1 Å². The number of hydrogen-bond acceptors (Lipinski definition) is 2. The van der Waals surface area contributed by atoms with Gasteiger partial charge in [-0.05, 0) is 55.2 Å². The highest BCUT2D eigenvalue weighted by Gasteiger charge is 2.07. The van der Waals surface area contributed by atoms with Crippen LogP contribution in [-0.2, 0) is 19.6 Å². The summed E-state index contributed by atoms with van der Waals surface area (Å²) in [5.41, 5.74) is 3.38. The monoisotopic (exact) mass is 413 g/mol. The lowest BCUT2D eigenvalue weighted by atomic mass is 10.1. The number of rotatable bonds is 9. The summed E-state index contributed by atoms with van der Waals surface area (Å²) in [6.07, 6.45) is 2.18.